The highest BCUT2D eigenvalue weighted by atomic mass is 79.9. The first-order chi connectivity index (χ1) is 8.16. The van der Waals surface area contributed by atoms with Gasteiger partial charge in [0.25, 0.3) is 0 Å². The van der Waals surface area contributed by atoms with Gasteiger partial charge in [-0.3, -0.25) is 0 Å². The lowest BCUT2D eigenvalue weighted by Crippen LogP contribution is -2.06. The van der Waals surface area contributed by atoms with Gasteiger partial charge in [-0.05, 0) is 52.3 Å². The van der Waals surface area contributed by atoms with E-state index >= 15 is 0 Å². The topological polar surface area (TPSA) is 73.8 Å². The predicted octanol–water partition coefficient (Wildman–Crippen LogP) is 1.08. The molecule has 0 aliphatic carbocycles. The minimum absolute atomic E-state index is 0.606. The third kappa shape index (κ3) is 1.52. The number of aryl methyl sites for hydroxylation is 1. The van der Waals surface area contributed by atoms with E-state index in [1.165, 1.54) is 4.63 Å². The molecule has 86 valence electrons. The Morgan fingerprint density at radius 1 is 1.18 bits per heavy atom. The zero-order chi connectivity index (χ0) is 12.0. The third-order valence-corrected chi connectivity index (χ3v) is 3.62. The maximum Gasteiger partial charge on any atom is 0.200 e. The first kappa shape index (κ1) is 10.3. The molecule has 0 radical (unpaired) electrons. The first-order valence-corrected chi connectivity index (χ1v) is 5.73. The summed E-state index contributed by atoms with van der Waals surface area (Å²) in [6.07, 6.45) is 0. The van der Waals surface area contributed by atoms with Crippen LogP contribution in [-0.2, 0) is 0 Å². The van der Waals surface area contributed by atoms with Crippen LogP contribution in [0.2, 0.25) is 0 Å². The van der Waals surface area contributed by atoms with Crippen molar-refractivity contribution in [3.8, 4) is 5.82 Å². The molecule has 0 unspecified atom stereocenters. The van der Waals surface area contributed by atoms with Crippen LogP contribution in [0.25, 0.3) is 11.5 Å². The highest BCUT2D eigenvalue weighted by Crippen LogP contribution is 2.21. The van der Waals surface area contributed by atoms with Gasteiger partial charge in [-0.1, -0.05) is 0 Å². The molecule has 0 saturated carbocycles. The highest BCUT2D eigenvalue weighted by molar-refractivity contribution is 9.10. The van der Waals surface area contributed by atoms with Crippen molar-refractivity contribution in [2.24, 2.45) is 0 Å². The van der Waals surface area contributed by atoms with Crippen LogP contribution >= 0.6 is 15.9 Å². The second-order valence-corrected chi connectivity index (χ2v) is 4.41. The predicted molar refractivity (Wildman–Crippen MR) is 62.9 cm³/mol. The summed E-state index contributed by atoms with van der Waals surface area (Å²) < 4.78 is 4.11. The van der Waals surface area contributed by atoms with Gasteiger partial charge in [0, 0.05) is 0 Å². The van der Waals surface area contributed by atoms with Gasteiger partial charge in [0.1, 0.15) is 0 Å². The molecule has 0 amide bonds. The van der Waals surface area contributed by atoms with E-state index in [0.29, 0.717) is 11.5 Å². The van der Waals surface area contributed by atoms with Crippen molar-refractivity contribution in [3.05, 3.63) is 28.0 Å². The zero-order valence-corrected chi connectivity index (χ0v) is 10.7. The maximum absolute atomic E-state index is 4.40. The van der Waals surface area contributed by atoms with Gasteiger partial charge >= 0.3 is 0 Å². The van der Waals surface area contributed by atoms with Crippen molar-refractivity contribution >= 4 is 21.6 Å². The van der Waals surface area contributed by atoms with E-state index in [9.17, 15) is 0 Å². The van der Waals surface area contributed by atoms with Crippen molar-refractivity contribution in [3.63, 3.8) is 0 Å². The molecule has 0 saturated heterocycles. The fraction of sp³-hybridized carbons (Fsp3) is 0.222. The third-order valence-electron chi connectivity index (χ3n) is 2.48. The largest absolute Gasteiger partial charge is 0.216 e. The number of tetrazole rings is 1. The molecular weight excluding hydrogens is 286 g/mol. The average molecular weight is 294 g/mol. The highest BCUT2D eigenvalue weighted by Gasteiger charge is 2.12. The Hall–Kier alpha value is -1.83. The number of hydrogen-bond donors (Lipinski definition) is 0. The van der Waals surface area contributed by atoms with Gasteiger partial charge < -0.3 is 0 Å². The Balaban J connectivity index is 2.22. The molecule has 7 nitrogen and oxygen atoms in total. The maximum atomic E-state index is 4.40. The molecule has 0 fully saturated rings. The van der Waals surface area contributed by atoms with E-state index < -0.39 is 0 Å². The van der Waals surface area contributed by atoms with Crippen LogP contribution in [0.4, 0.5) is 0 Å². The Kier molecular flexibility index (Phi) is 2.18. The van der Waals surface area contributed by atoms with Crippen LogP contribution < -0.4 is 0 Å². The molecule has 3 aromatic heterocycles. The quantitative estimate of drug-likeness (QED) is 0.671. The summed E-state index contributed by atoms with van der Waals surface area (Å²) in [4.78, 5) is 0. The summed E-state index contributed by atoms with van der Waals surface area (Å²) in [6, 6.07) is 3.63. The van der Waals surface area contributed by atoms with E-state index in [1.54, 1.807) is 10.7 Å². The lowest BCUT2D eigenvalue weighted by atomic mass is 10.4. The van der Waals surface area contributed by atoms with E-state index in [2.05, 4.69) is 41.7 Å². The Morgan fingerprint density at radius 2 is 2.00 bits per heavy atom. The average Bonchev–Trinajstić information content (AvgIpc) is 2.89. The molecule has 3 aromatic rings. The lowest BCUT2D eigenvalue weighted by molar-refractivity contribution is 0.694. The van der Waals surface area contributed by atoms with Crippen LogP contribution in [-0.4, -0.2) is 35.0 Å². The van der Waals surface area contributed by atoms with Crippen LogP contribution in [0.3, 0.4) is 0 Å². The normalized spacial score (nSPS) is 11.2. The standard InChI is InChI=1S/C9H8BrN7/c1-5-9(10)6(2)16(12-5)8-4-3-7-11-14-15-17(7)13-8/h3-4H,1-2H3. The zero-order valence-electron chi connectivity index (χ0n) is 9.16. The summed E-state index contributed by atoms with van der Waals surface area (Å²) in [5, 5.41) is 19.8. The molecule has 8 heteroatoms. The molecule has 0 aliphatic heterocycles. The number of rotatable bonds is 1. The number of aromatic nitrogens is 7. The molecule has 3 heterocycles. The number of fused-ring (bicyclic) bond motifs is 1. The van der Waals surface area contributed by atoms with E-state index in [-0.39, 0.29) is 0 Å². The Morgan fingerprint density at radius 3 is 2.71 bits per heavy atom. The lowest BCUT2D eigenvalue weighted by Gasteiger charge is -2.02. The van der Waals surface area contributed by atoms with Gasteiger partial charge in [0.2, 0.25) is 0 Å². The molecule has 0 aromatic carbocycles. The monoisotopic (exact) mass is 293 g/mol. The van der Waals surface area contributed by atoms with Crippen LogP contribution in [0.1, 0.15) is 11.4 Å². The Bertz CT molecular complexity index is 699. The van der Waals surface area contributed by atoms with E-state index in [0.717, 1.165) is 15.9 Å². The van der Waals surface area contributed by atoms with Crippen molar-refractivity contribution in [1.82, 2.24) is 35.0 Å². The molecule has 0 aliphatic rings. The molecule has 0 N–H and O–H groups in total. The molecule has 0 atom stereocenters. The van der Waals surface area contributed by atoms with Gasteiger partial charge in [0.15, 0.2) is 11.5 Å². The van der Waals surface area contributed by atoms with Crippen LogP contribution in [0, 0.1) is 13.8 Å². The van der Waals surface area contributed by atoms with E-state index in [4.69, 9.17) is 0 Å². The summed E-state index contributed by atoms with van der Waals surface area (Å²) in [5.41, 5.74) is 2.51. The SMILES string of the molecule is Cc1nn(-c2ccc3nnnn3n2)c(C)c1Br. The van der Waals surface area contributed by atoms with Crippen LogP contribution in [0.15, 0.2) is 16.6 Å². The smallest absolute Gasteiger partial charge is 0.200 e. The summed E-state index contributed by atoms with van der Waals surface area (Å²) in [5.74, 6) is 0.677. The van der Waals surface area contributed by atoms with E-state index in [1.807, 2.05) is 19.9 Å². The summed E-state index contributed by atoms with van der Waals surface area (Å²) in [7, 11) is 0. The number of nitrogens with zero attached hydrogens (tertiary/aromatic N) is 7. The fourth-order valence-electron chi connectivity index (χ4n) is 1.60. The second kappa shape index (κ2) is 3.59. The summed E-state index contributed by atoms with van der Waals surface area (Å²) >= 11 is 3.48. The number of hydrogen-bond acceptors (Lipinski definition) is 5. The van der Waals surface area contributed by atoms with Gasteiger partial charge in [0.05, 0.1) is 15.9 Å². The molecule has 0 spiro atoms. The Labute approximate surface area is 105 Å². The van der Waals surface area contributed by atoms with Gasteiger partial charge in [-0.25, -0.2) is 4.68 Å². The molecule has 0 bridgehead atoms. The first-order valence-electron chi connectivity index (χ1n) is 4.94. The van der Waals surface area contributed by atoms with Gasteiger partial charge in [-0.15, -0.1) is 14.8 Å². The van der Waals surface area contributed by atoms with Crippen molar-refractivity contribution in [2.45, 2.75) is 13.8 Å². The summed E-state index contributed by atoms with van der Waals surface area (Å²) in [6.45, 7) is 3.90. The second-order valence-electron chi connectivity index (χ2n) is 3.61. The van der Waals surface area contributed by atoms with Crippen molar-refractivity contribution in [1.29, 1.82) is 0 Å². The molecule has 3 rings (SSSR count). The minimum atomic E-state index is 0.606. The molecule has 17 heavy (non-hydrogen) atoms. The minimum Gasteiger partial charge on any atom is -0.216 e. The fourth-order valence-corrected chi connectivity index (χ4v) is 1.85. The van der Waals surface area contributed by atoms with Gasteiger partial charge in [-0.2, -0.15) is 5.10 Å². The van der Waals surface area contributed by atoms with Crippen molar-refractivity contribution in [2.75, 3.05) is 0 Å². The van der Waals surface area contributed by atoms with Crippen LogP contribution in [0.5, 0.6) is 0 Å². The molecular formula is C9H8BrN7. The van der Waals surface area contributed by atoms with Crippen molar-refractivity contribution < 1.29 is 0 Å². The number of halogens is 1.